The lowest BCUT2D eigenvalue weighted by Gasteiger charge is -2.40. The van der Waals surface area contributed by atoms with E-state index in [4.69, 9.17) is 14.2 Å². The average molecular weight is 458 g/mol. The molecule has 6 heteroatoms. The molecule has 0 bridgehead atoms. The van der Waals surface area contributed by atoms with E-state index in [0.29, 0.717) is 19.1 Å². The van der Waals surface area contributed by atoms with E-state index >= 15 is 0 Å². The van der Waals surface area contributed by atoms with Crippen molar-refractivity contribution >= 4 is 5.69 Å². The fraction of sp³-hybridized carbons (Fsp3) is 0.357. The summed E-state index contributed by atoms with van der Waals surface area (Å²) in [5.74, 6) is 2.93. The number of hydrogen-bond donors (Lipinski definition) is 2. The zero-order valence-electron chi connectivity index (χ0n) is 19.7. The van der Waals surface area contributed by atoms with Gasteiger partial charge in [-0.1, -0.05) is 43.3 Å². The lowest BCUT2D eigenvalue weighted by molar-refractivity contribution is 0.171. The van der Waals surface area contributed by atoms with Gasteiger partial charge in [0.1, 0.15) is 19.0 Å². The standard InChI is InChI=1S/C28H31N3O3/c1-3-18-4-8-20(9-5-18)27-23-17-31(16-19-6-10-21(32-2)11-7-19)24-15-26-25(33-12-13-34-26)14-22(24)28(23)30-29-27/h4-11,14-15,23,27-30H,3,12-13,16-17H2,1-2H3. The maximum Gasteiger partial charge on any atom is 0.163 e. The van der Waals surface area contributed by atoms with E-state index in [2.05, 4.69) is 71.2 Å². The van der Waals surface area contributed by atoms with Crippen LogP contribution in [0.15, 0.2) is 60.7 Å². The second-order valence-corrected chi connectivity index (χ2v) is 9.29. The number of rotatable bonds is 5. The molecule has 0 aromatic heterocycles. The van der Waals surface area contributed by atoms with Gasteiger partial charge in [-0.3, -0.25) is 0 Å². The van der Waals surface area contributed by atoms with Crippen LogP contribution in [0.2, 0.25) is 0 Å². The molecule has 3 aliphatic rings. The van der Waals surface area contributed by atoms with Gasteiger partial charge in [0.2, 0.25) is 0 Å². The molecule has 6 nitrogen and oxygen atoms in total. The van der Waals surface area contributed by atoms with Crippen LogP contribution in [0.1, 0.15) is 41.3 Å². The van der Waals surface area contributed by atoms with Crippen molar-refractivity contribution in [2.45, 2.75) is 32.0 Å². The van der Waals surface area contributed by atoms with Crippen LogP contribution in [0.4, 0.5) is 5.69 Å². The van der Waals surface area contributed by atoms with E-state index in [9.17, 15) is 0 Å². The van der Waals surface area contributed by atoms with Crippen LogP contribution in [0.3, 0.4) is 0 Å². The zero-order chi connectivity index (χ0) is 23.1. The molecule has 1 saturated heterocycles. The van der Waals surface area contributed by atoms with Crippen molar-refractivity contribution in [3.05, 3.63) is 82.9 Å². The normalized spacial score (nSPS) is 22.8. The molecule has 0 radical (unpaired) electrons. The minimum atomic E-state index is 0.203. The van der Waals surface area contributed by atoms with E-state index in [0.717, 1.165) is 36.8 Å². The maximum atomic E-state index is 5.95. The number of benzene rings is 3. The van der Waals surface area contributed by atoms with Gasteiger partial charge < -0.3 is 19.1 Å². The first-order chi connectivity index (χ1) is 16.7. The molecular weight excluding hydrogens is 426 g/mol. The Morgan fingerprint density at radius 1 is 0.882 bits per heavy atom. The smallest absolute Gasteiger partial charge is 0.163 e. The Morgan fingerprint density at radius 3 is 2.26 bits per heavy atom. The van der Waals surface area contributed by atoms with Crippen molar-refractivity contribution in [2.24, 2.45) is 5.92 Å². The molecule has 0 spiro atoms. The van der Waals surface area contributed by atoms with Gasteiger partial charge in [-0.15, -0.1) is 0 Å². The fourth-order valence-electron chi connectivity index (χ4n) is 5.47. The molecule has 0 saturated carbocycles. The Morgan fingerprint density at radius 2 is 1.56 bits per heavy atom. The number of ether oxygens (including phenoxy) is 3. The number of hydrazine groups is 1. The number of aryl methyl sites for hydroxylation is 1. The third-order valence-electron chi connectivity index (χ3n) is 7.33. The lowest BCUT2D eigenvalue weighted by atomic mass is 9.81. The number of nitrogens with zero attached hydrogens (tertiary/aromatic N) is 1. The molecule has 176 valence electrons. The highest BCUT2D eigenvalue weighted by Gasteiger charge is 2.44. The van der Waals surface area contributed by atoms with Gasteiger partial charge in [0.15, 0.2) is 11.5 Å². The average Bonchev–Trinajstić information content (AvgIpc) is 3.32. The highest BCUT2D eigenvalue weighted by molar-refractivity contribution is 5.65. The van der Waals surface area contributed by atoms with Crippen molar-refractivity contribution in [3.8, 4) is 17.2 Å². The predicted octanol–water partition coefficient (Wildman–Crippen LogP) is 4.56. The van der Waals surface area contributed by atoms with Gasteiger partial charge in [0.05, 0.1) is 19.2 Å². The first-order valence-electron chi connectivity index (χ1n) is 12.1. The summed E-state index contributed by atoms with van der Waals surface area (Å²) in [5, 5.41) is 0. The SMILES string of the molecule is CCc1ccc(C2NNC3c4cc5c(cc4N(Cc4ccc(OC)cc4)CC23)OCCO5)cc1. The predicted molar refractivity (Wildman–Crippen MR) is 133 cm³/mol. The number of fused-ring (bicyclic) bond motifs is 4. The van der Waals surface area contributed by atoms with E-state index in [-0.39, 0.29) is 12.1 Å². The maximum absolute atomic E-state index is 5.95. The molecule has 0 amide bonds. The molecule has 3 unspecified atom stereocenters. The summed E-state index contributed by atoms with van der Waals surface area (Å²) in [6.07, 6.45) is 1.05. The highest BCUT2D eigenvalue weighted by atomic mass is 16.6. The van der Waals surface area contributed by atoms with E-state index < -0.39 is 0 Å². The molecule has 3 heterocycles. The molecule has 3 atom stereocenters. The summed E-state index contributed by atoms with van der Waals surface area (Å²) < 4.78 is 17.2. The van der Waals surface area contributed by atoms with Crippen LogP contribution >= 0.6 is 0 Å². The lowest BCUT2D eigenvalue weighted by Crippen LogP contribution is -2.39. The molecular formula is C28H31N3O3. The van der Waals surface area contributed by atoms with E-state index in [1.165, 1.54) is 27.9 Å². The van der Waals surface area contributed by atoms with Crippen LogP contribution in [0.5, 0.6) is 17.2 Å². The minimum absolute atomic E-state index is 0.203. The first kappa shape index (κ1) is 21.3. The van der Waals surface area contributed by atoms with Gasteiger partial charge in [-0.2, -0.15) is 0 Å². The minimum Gasteiger partial charge on any atom is -0.497 e. The van der Waals surface area contributed by atoms with Crippen LogP contribution in [0, 0.1) is 5.92 Å². The van der Waals surface area contributed by atoms with Gasteiger partial charge >= 0.3 is 0 Å². The van der Waals surface area contributed by atoms with Crippen molar-refractivity contribution in [1.29, 1.82) is 0 Å². The first-order valence-corrected chi connectivity index (χ1v) is 12.1. The quantitative estimate of drug-likeness (QED) is 0.586. The van der Waals surface area contributed by atoms with Crippen molar-refractivity contribution < 1.29 is 14.2 Å². The summed E-state index contributed by atoms with van der Waals surface area (Å²) in [5.41, 5.74) is 13.6. The third kappa shape index (κ3) is 3.77. The highest BCUT2D eigenvalue weighted by Crippen LogP contribution is 2.49. The summed E-state index contributed by atoms with van der Waals surface area (Å²) in [6, 6.07) is 22.2. The van der Waals surface area contributed by atoms with Gasteiger partial charge in [-0.25, -0.2) is 10.9 Å². The van der Waals surface area contributed by atoms with Crippen LogP contribution < -0.4 is 30.0 Å². The Labute approximate surface area is 200 Å². The Balaban J connectivity index is 1.37. The monoisotopic (exact) mass is 457 g/mol. The van der Waals surface area contributed by atoms with Crippen molar-refractivity contribution in [2.75, 3.05) is 31.8 Å². The summed E-state index contributed by atoms with van der Waals surface area (Å²) in [6.45, 7) is 5.13. The molecule has 1 fully saturated rings. The zero-order valence-corrected chi connectivity index (χ0v) is 19.7. The molecule has 2 N–H and O–H groups in total. The summed E-state index contributed by atoms with van der Waals surface area (Å²) >= 11 is 0. The van der Waals surface area contributed by atoms with E-state index in [1.54, 1.807) is 7.11 Å². The van der Waals surface area contributed by atoms with Crippen molar-refractivity contribution in [1.82, 2.24) is 10.9 Å². The topological polar surface area (TPSA) is 55.0 Å². The van der Waals surface area contributed by atoms with Crippen molar-refractivity contribution in [3.63, 3.8) is 0 Å². The Kier molecular flexibility index (Phi) is 5.55. The Hall–Kier alpha value is -3.22. The molecule has 3 aromatic carbocycles. The van der Waals surface area contributed by atoms with Crippen LogP contribution in [-0.4, -0.2) is 26.9 Å². The molecule has 6 rings (SSSR count). The summed E-state index contributed by atoms with van der Waals surface area (Å²) in [7, 11) is 1.70. The second-order valence-electron chi connectivity index (χ2n) is 9.29. The number of nitrogens with one attached hydrogen (secondary N) is 2. The largest absolute Gasteiger partial charge is 0.497 e. The molecule has 0 aliphatic carbocycles. The third-order valence-corrected chi connectivity index (χ3v) is 7.33. The van der Waals surface area contributed by atoms with Crippen LogP contribution in [0.25, 0.3) is 0 Å². The van der Waals surface area contributed by atoms with Gasteiger partial charge in [-0.05, 0) is 46.9 Å². The number of methoxy groups -OCH3 is 1. The van der Waals surface area contributed by atoms with E-state index in [1.807, 2.05) is 12.1 Å². The fourth-order valence-corrected chi connectivity index (χ4v) is 5.47. The second kappa shape index (κ2) is 8.85. The van der Waals surface area contributed by atoms with Gasteiger partial charge in [0, 0.05) is 30.8 Å². The van der Waals surface area contributed by atoms with Crippen LogP contribution in [-0.2, 0) is 13.0 Å². The number of hydrogen-bond acceptors (Lipinski definition) is 6. The molecule has 3 aliphatic heterocycles. The summed E-state index contributed by atoms with van der Waals surface area (Å²) in [4.78, 5) is 2.48. The number of anilines is 1. The Bertz CT molecular complexity index is 1160. The molecule has 34 heavy (non-hydrogen) atoms. The molecule has 3 aromatic rings. The van der Waals surface area contributed by atoms with Gasteiger partial charge in [0.25, 0.3) is 0 Å².